The maximum Gasteiger partial charge on any atom is -0.870 e. The van der Waals surface area contributed by atoms with Crippen molar-refractivity contribution in [2.75, 3.05) is 0 Å². The quantitative estimate of drug-likeness (QED) is 0.285. The van der Waals surface area contributed by atoms with Gasteiger partial charge >= 0.3 is 163 Å². The molecule has 0 aliphatic heterocycles. The van der Waals surface area contributed by atoms with Gasteiger partial charge in [-0.1, -0.05) is 0 Å². The SMILES string of the molecule is CCCCCCCCC[CH]([SbH3+])C(CC)c1cccc2ccccc12.[OH-]. The van der Waals surface area contributed by atoms with Gasteiger partial charge in [-0.2, -0.15) is 0 Å². The minimum absolute atomic E-state index is 0. The first-order chi connectivity index (χ1) is 11.8. The fraction of sp³-hybridized carbons (Fsp3) is 0.565. The van der Waals surface area contributed by atoms with E-state index in [-0.39, 0.29) is 5.48 Å². The number of unbranched alkanes of at least 4 members (excludes halogenated alkanes) is 6. The molecule has 2 heteroatoms. The second-order valence-electron chi connectivity index (χ2n) is 7.25. The Morgan fingerprint density at radius 3 is 2.16 bits per heavy atom. The summed E-state index contributed by atoms with van der Waals surface area (Å²) in [5.74, 6) is 0.766. The van der Waals surface area contributed by atoms with Gasteiger partial charge in [-0.05, 0) is 0 Å². The molecule has 0 aromatic heterocycles. The van der Waals surface area contributed by atoms with E-state index >= 15 is 0 Å². The first kappa shape index (κ1) is 22.5. The van der Waals surface area contributed by atoms with Gasteiger partial charge < -0.3 is 5.48 Å². The van der Waals surface area contributed by atoms with Crippen molar-refractivity contribution < 1.29 is 5.48 Å². The van der Waals surface area contributed by atoms with E-state index in [1.54, 1.807) is 5.56 Å². The average Bonchev–Trinajstić information content (AvgIpc) is 2.62. The zero-order valence-corrected chi connectivity index (χ0v) is 20.3. The summed E-state index contributed by atoms with van der Waals surface area (Å²) in [5, 5.41) is 2.89. The monoisotopic (exact) mass is 450 g/mol. The molecule has 0 spiro atoms. The molecule has 2 aromatic carbocycles. The van der Waals surface area contributed by atoms with Gasteiger partial charge in [-0.15, -0.1) is 0 Å². The molecule has 0 amide bonds. The minimum atomic E-state index is 0. The predicted octanol–water partition coefficient (Wildman–Crippen LogP) is 6.45. The molecule has 0 heterocycles. The van der Waals surface area contributed by atoms with Crippen LogP contribution < -0.4 is 0 Å². The molecule has 0 bridgehead atoms. The topological polar surface area (TPSA) is 30.0 Å². The zero-order chi connectivity index (χ0) is 17.2. The second-order valence-corrected chi connectivity index (χ2v) is 10.2. The van der Waals surface area contributed by atoms with Crippen molar-refractivity contribution >= 4 is 33.8 Å². The van der Waals surface area contributed by atoms with E-state index in [9.17, 15) is 0 Å². The van der Waals surface area contributed by atoms with E-state index in [1.807, 2.05) is 0 Å². The van der Waals surface area contributed by atoms with Gasteiger partial charge in [0.2, 0.25) is 0 Å². The molecule has 0 aliphatic rings. The standard InChI is InChI=1S/C23H33.H2O.Sb.3H/c1-3-5-6-7-8-9-10-11-15-20(4-2)22-19-14-17-21-16-12-13-18-23(21)22;;;;;/h12-20H,3-11H2,1-2H3;1H2;;;;/q;;+1;;;/p-1. The minimum Gasteiger partial charge on any atom is -0.870 e. The molecule has 0 saturated carbocycles. The van der Waals surface area contributed by atoms with Gasteiger partial charge in [0.1, 0.15) is 0 Å². The fourth-order valence-electron chi connectivity index (χ4n) is 3.95. The van der Waals surface area contributed by atoms with Crippen LogP contribution in [0.25, 0.3) is 10.8 Å². The Balaban J connectivity index is 0.00000312. The molecule has 1 nitrogen and oxygen atoms in total. The summed E-state index contributed by atoms with van der Waals surface area (Å²) >= 11 is 1.05. The van der Waals surface area contributed by atoms with Crippen LogP contribution in [0, 0.1) is 0 Å². The first-order valence-corrected chi connectivity index (χ1v) is 12.4. The molecule has 2 unspecified atom stereocenters. The summed E-state index contributed by atoms with van der Waals surface area (Å²) in [7, 11) is 0. The summed E-state index contributed by atoms with van der Waals surface area (Å²) in [6.45, 7) is 4.68. The fourth-order valence-corrected chi connectivity index (χ4v) is 6.45. The second kappa shape index (κ2) is 12.8. The molecule has 1 N–H and O–H groups in total. The molecule has 0 aliphatic carbocycles. The zero-order valence-electron chi connectivity index (χ0n) is 16.2. The molecule has 2 aromatic rings. The molecule has 0 saturated heterocycles. The van der Waals surface area contributed by atoms with Gasteiger partial charge in [-0.25, -0.2) is 0 Å². The summed E-state index contributed by atoms with van der Waals surface area (Å²) < 4.78 is 0.944. The van der Waals surface area contributed by atoms with Crippen LogP contribution in [0.2, 0.25) is 3.86 Å². The third-order valence-corrected chi connectivity index (χ3v) is 8.20. The van der Waals surface area contributed by atoms with Crippen molar-refractivity contribution in [1.82, 2.24) is 0 Å². The van der Waals surface area contributed by atoms with Crippen LogP contribution in [0.15, 0.2) is 42.5 Å². The Morgan fingerprint density at radius 2 is 1.44 bits per heavy atom. The molecule has 2 atom stereocenters. The average molecular weight is 451 g/mol. The Morgan fingerprint density at radius 1 is 0.800 bits per heavy atom. The van der Waals surface area contributed by atoms with Crippen LogP contribution in [-0.4, -0.2) is 28.5 Å². The maximum absolute atomic E-state index is 2.39. The third-order valence-electron chi connectivity index (χ3n) is 5.41. The van der Waals surface area contributed by atoms with Crippen molar-refractivity contribution in [3.63, 3.8) is 0 Å². The van der Waals surface area contributed by atoms with E-state index in [2.05, 4.69) is 56.3 Å². The Kier molecular flexibility index (Phi) is 11.5. The Hall–Kier alpha value is -0.522. The van der Waals surface area contributed by atoms with Gasteiger partial charge in [0.25, 0.3) is 0 Å². The summed E-state index contributed by atoms with van der Waals surface area (Å²) in [4.78, 5) is 0. The predicted molar refractivity (Wildman–Crippen MR) is 115 cm³/mol. The van der Waals surface area contributed by atoms with Gasteiger partial charge in [0, 0.05) is 0 Å². The Labute approximate surface area is 168 Å². The van der Waals surface area contributed by atoms with Crippen molar-refractivity contribution in [2.45, 2.75) is 81.4 Å². The summed E-state index contributed by atoms with van der Waals surface area (Å²) in [6.07, 6.45) is 12.7. The van der Waals surface area contributed by atoms with Gasteiger partial charge in [0.15, 0.2) is 0 Å². The van der Waals surface area contributed by atoms with E-state index in [4.69, 9.17) is 0 Å². The van der Waals surface area contributed by atoms with Crippen molar-refractivity contribution in [3.05, 3.63) is 48.0 Å². The third kappa shape index (κ3) is 6.95. The number of benzene rings is 2. The van der Waals surface area contributed by atoms with E-state index in [1.165, 1.54) is 68.6 Å². The number of fused-ring (bicyclic) bond motifs is 1. The van der Waals surface area contributed by atoms with Crippen LogP contribution in [0.1, 0.15) is 83.1 Å². The van der Waals surface area contributed by atoms with Crippen molar-refractivity contribution in [3.8, 4) is 0 Å². The molecular formula is C23H37OSb. The summed E-state index contributed by atoms with van der Waals surface area (Å²) in [6, 6.07) is 15.8. The maximum atomic E-state index is 2.39. The molecular weight excluding hydrogens is 414 g/mol. The molecule has 140 valence electrons. The molecule has 25 heavy (non-hydrogen) atoms. The van der Waals surface area contributed by atoms with E-state index in [0.29, 0.717) is 0 Å². The Bertz CT molecular complexity index is 590. The first-order valence-electron chi connectivity index (χ1n) is 10.1. The molecule has 2 rings (SSSR count). The number of hydrogen-bond acceptors (Lipinski definition) is 1. The molecule has 0 fully saturated rings. The van der Waals surface area contributed by atoms with Crippen LogP contribution >= 0.6 is 0 Å². The van der Waals surface area contributed by atoms with Crippen LogP contribution in [-0.2, 0) is 0 Å². The number of rotatable bonds is 11. The van der Waals surface area contributed by atoms with Gasteiger partial charge in [0.05, 0.1) is 0 Å². The van der Waals surface area contributed by atoms with E-state index < -0.39 is 0 Å². The normalized spacial score (nSPS) is 13.5. The smallest absolute Gasteiger partial charge is 0.870 e. The van der Waals surface area contributed by atoms with Crippen LogP contribution in [0.3, 0.4) is 0 Å². The summed E-state index contributed by atoms with van der Waals surface area (Å²) in [5.41, 5.74) is 1.60. The van der Waals surface area contributed by atoms with Crippen molar-refractivity contribution in [2.24, 2.45) is 0 Å². The largest absolute Gasteiger partial charge is 0.870 e. The van der Waals surface area contributed by atoms with E-state index in [0.717, 1.165) is 32.8 Å². The van der Waals surface area contributed by atoms with Gasteiger partial charge in [-0.3, -0.25) is 0 Å². The molecule has 0 radical (unpaired) electrons. The van der Waals surface area contributed by atoms with Crippen LogP contribution in [0.5, 0.6) is 0 Å². The number of hydrogen-bond donors (Lipinski definition) is 0. The van der Waals surface area contributed by atoms with Crippen molar-refractivity contribution in [1.29, 1.82) is 0 Å². The van der Waals surface area contributed by atoms with Crippen LogP contribution in [0.4, 0.5) is 0 Å².